The maximum absolute atomic E-state index is 5.16. The van der Waals surface area contributed by atoms with Crippen LogP contribution in [-0.4, -0.2) is 29.2 Å². The Balaban J connectivity index is 1.85. The second-order valence-electron chi connectivity index (χ2n) is 4.23. The van der Waals surface area contributed by atoms with Gasteiger partial charge in [0.15, 0.2) is 0 Å². The van der Waals surface area contributed by atoms with Gasteiger partial charge in [0.25, 0.3) is 0 Å². The third kappa shape index (κ3) is 1.04. The maximum Gasteiger partial charge on any atom is 0.0952 e. The van der Waals surface area contributed by atoms with E-state index in [2.05, 4.69) is 14.9 Å². The van der Waals surface area contributed by atoms with Crippen LogP contribution in [0.5, 0.6) is 0 Å². The van der Waals surface area contributed by atoms with Gasteiger partial charge in [0.2, 0.25) is 0 Å². The van der Waals surface area contributed by atoms with Gasteiger partial charge in [-0.15, -0.1) is 0 Å². The first-order valence-corrected chi connectivity index (χ1v) is 5.13. The van der Waals surface area contributed by atoms with Crippen LogP contribution in [-0.2, 0) is 11.3 Å². The molecule has 3 atom stereocenters. The largest absolute Gasteiger partial charge is 0.378 e. The van der Waals surface area contributed by atoms with E-state index in [9.17, 15) is 0 Å². The number of nitrogens with zero attached hydrogens (tertiary/aromatic N) is 2. The Kier molecular flexibility index (Phi) is 1.85. The minimum atomic E-state index is 0.627. The summed E-state index contributed by atoms with van der Waals surface area (Å²) in [6, 6.07) is 1.30. The smallest absolute Gasteiger partial charge is 0.0952 e. The molecular formula is C10H15N3O. The van der Waals surface area contributed by atoms with Gasteiger partial charge >= 0.3 is 0 Å². The van der Waals surface area contributed by atoms with Gasteiger partial charge in [0, 0.05) is 19.7 Å². The number of rotatable bonds is 3. The Morgan fingerprint density at radius 2 is 2.64 bits per heavy atom. The highest BCUT2D eigenvalue weighted by molar-refractivity contribution is 5.11. The standard InChI is InChI=1S/C10H15N3O/c1-14-5-8-4-11-6-13(8)10-7-2-9(10)12-3-7/h4,6-7,9-10,12H,2-3,5H2,1H3. The molecule has 0 spiro atoms. The molecule has 1 aromatic heterocycles. The van der Waals surface area contributed by atoms with Crippen LogP contribution in [0, 0.1) is 5.92 Å². The number of aromatic nitrogens is 2. The number of methoxy groups -OCH3 is 1. The fraction of sp³-hybridized carbons (Fsp3) is 0.700. The molecule has 4 rings (SSSR count). The van der Waals surface area contributed by atoms with Crippen molar-refractivity contribution in [1.82, 2.24) is 14.9 Å². The van der Waals surface area contributed by atoms with Gasteiger partial charge in [-0.05, 0) is 12.3 Å². The van der Waals surface area contributed by atoms with Crippen LogP contribution in [0.25, 0.3) is 0 Å². The number of nitrogens with one attached hydrogen (secondary N) is 1. The minimum Gasteiger partial charge on any atom is -0.378 e. The molecule has 0 aromatic carbocycles. The molecule has 1 saturated carbocycles. The molecule has 1 N–H and O–H groups in total. The Morgan fingerprint density at radius 1 is 1.71 bits per heavy atom. The Labute approximate surface area is 83.3 Å². The molecule has 0 amide bonds. The molecular weight excluding hydrogens is 178 g/mol. The predicted octanol–water partition coefficient (Wildman–Crippen LogP) is 0.562. The monoisotopic (exact) mass is 193 g/mol. The molecule has 3 aliphatic rings. The lowest BCUT2D eigenvalue weighted by Gasteiger charge is -2.36. The fourth-order valence-electron chi connectivity index (χ4n) is 2.73. The average Bonchev–Trinajstić information content (AvgIpc) is 2.79. The van der Waals surface area contributed by atoms with Gasteiger partial charge in [-0.2, -0.15) is 0 Å². The van der Waals surface area contributed by atoms with Crippen molar-refractivity contribution in [2.45, 2.75) is 25.1 Å². The lowest BCUT2D eigenvalue weighted by Crippen LogP contribution is -2.39. The van der Waals surface area contributed by atoms with Gasteiger partial charge in [0.1, 0.15) is 0 Å². The Morgan fingerprint density at radius 3 is 3.29 bits per heavy atom. The summed E-state index contributed by atoms with van der Waals surface area (Å²) in [5.74, 6) is 0.810. The van der Waals surface area contributed by atoms with E-state index >= 15 is 0 Å². The van der Waals surface area contributed by atoms with E-state index in [-0.39, 0.29) is 0 Å². The van der Waals surface area contributed by atoms with E-state index in [0.717, 1.165) is 5.92 Å². The molecule has 4 nitrogen and oxygen atoms in total. The van der Waals surface area contributed by atoms with Gasteiger partial charge < -0.3 is 14.6 Å². The lowest BCUT2D eigenvalue weighted by atomic mass is 9.80. The number of hydrogen-bond donors (Lipinski definition) is 1. The third-order valence-corrected chi connectivity index (χ3v) is 3.45. The van der Waals surface area contributed by atoms with Gasteiger partial charge in [0.05, 0.1) is 30.9 Å². The van der Waals surface area contributed by atoms with E-state index in [1.165, 1.54) is 18.7 Å². The zero-order valence-corrected chi connectivity index (χ0v) is 8.31. The number of ether oxygens (including phenoxy) is 1. The predicted molar refractivity (Wildman–Crippen MR) is 51.9 cm³/mol. The number of fused-ring (bicyclic) bond motifs is 1. The highest BCUT2D eigenvalue weighted by atomic mass is 16.5. The zero-order valence-electron chi connectivity index (χ0n) is 8.31. The summed E-state index contributed by atoms with van der Waals surface area (Å²) in [5, 5.41) is 3.51. The molecule has 3 unspecified atom stereocenters. The molecule has 1 aromatic rings. The summed E-state index contributed by atoms with van der Waals surface area (Å²) in [6.45, 7) is 1.83. The Hall–Kier alpha value is -0.870. The van der Waals surface area contributed by atoms with Gasteiger partial charge in [-0.3, -0.25) is 0 Å². The van der Waals surface area contributed by atoms with E-state index in [1.54, 1.807) is 7.11 Å². The molecule has 2 aliphatic heterocycles. The van der Waals surface area contributed by atoms with E-state index in [1.807, 2.05) is 12.5 Å². The minimum absolute atomic E-state index is 0.627. The number of hydrogen-bond acceptors (Lipinski definition) is 3. The average molecular weight is 193 g/mol. The van der Waals surface area contributed by atoms with Crippen LogP contribution >= 0.6 is 0 Å². The van der Waals surface area contributed by atoms with Gasteiger partial charge in [-0.1, -0.05) is 0 Å². The van der Waals surface area contributed by atoms with Crippen LogP contribution in [0.1, 0.15) is 18.2 Å². The van der Waals surface area contributed by atoms with Crippen LogP contribution in [0.4, 0.5) is 0 Å². The van der Waals surface area contributed by atoms with Crippen molar-refractivity contribution in [1.29, 1.82) is 0 Å². The summed E-state index contributed by atoms with van der Waals surface area (Å²) in [4.78, 5) is 4.20. The highest BCUT2D eigenvalue weighted by Gasteiger charge is 2.48. The van der Waals surface area contributed by atoms with Crippen LogP contribution in [0.2, 0.25) is 0 Å². The lowest BCUT2D eigenvalue weighted by molar-refractivity contribution is 0.160. The first-order chi connectivity index (χ1) is 6.90. The topological polar surface area (TPSA) is 39.1 Å². The number of imidazole rings is 1. The van der Waals surface area contributed by atoms with Crippen molar-refractivity contribution < 1.29 is 4.74 Å². The molecule has 14 heavy (non-hydrogen) atoms. The second-order valence-corrected chi connectivity index (χ2v) is 4.23. The SMILES string of the molecule is COCc1cncn1C1C2CNC1C2. The fourth-order valence-corrected chi connectivity index (χ4v) is 2.73. The molecule has 4 heteroatoms. The quantitative estimate of drug-likeness (QED) is 0.762. The van der Waals surface area contributed by atoms with Crippen molar-refractivity contribution in [3.05, 3.63) is 18.2 Å². The van der Waals surface area contributed by atoms with Crippen molar-refractivity contribution in [2.75, 3.05) is 13.7 Å². The molecule has 3 heterocycles. The van der Waals surface area contributed by atoms with E-state index in [4.69, 9.17) is 4.74 Å². The maximum atomic E-state index is 5.16. The van der Waals surface area contributed by atoms with Crippen molar-refractivity contribution in [3.63, 3.8) is 0 Å². The summed E-state index contributed by atoms with van der Waals surface area (Å²) in [5.41, 5.74) is 1.19. The second kappa shape index (κ2) is 3.07. The van der Waals surface area contributed by atoms with Crippen molar-refractivity contribution in [3.8, 4) is 0 Å². The normalized spacial score (nSPS) is 34.5. The van der Waals surface area contributed by atoms with Crippen molar-refractivity contribution in [2.24, 2.45) is 5.92 Å². The molecule has 1 aliphatic carbocycles. The highest BCUT2D eigenvalue weighted by Crippen LogP contribution is 2.44. The summed E-state index contributed by atoms with van der Waals surface area (Å²) < 4.78 is 7.44. The molecule has 3 fully saturated rings. The Bertz CT molecular complexity index is 322. The summed E-state index contributed by atoms with van der Waals surface area (Å²) >= 11 is 0. The summed E-state index contributed by atoms with van der Waals surface area (Å²) in [6.07, 6.45) is 5.17. The molecule has 2 bridgehead atoms. The first kappa shape index (κ1) is 8.44. The third-order valence-electron chi connectivity index (χ3n) is 3.45. The molecule has 2 saturated heterocycles. The van der Waals surface area contributed by atoms with E-state index in [0.29, 0.717) is 18.7 Å². The summed E-state index contributed by atoms with van der Waals surface area (Å²) in [7, 11) is 1.73. The van der Waals surface area contributed by atoms with Crippen LogP contribution < -0.4 is 5.32 Å². The van der Waals surface area contributed by atoms with Crippen molar-refractivity contribution >= 4 is 0 Å². The zero-order chi connectivity index (χ0) is 9.54. The van der Waals surface area contributed by atoms with Gasteiger partial charge in [-0.25, -0.2) is 4.98 Å². The van der Waals surface area contributed by atoms with E-state index < -0.39 is 0 Å². The molecule has 0 radical (unpaired) electrons. The first-order valence-electron chi connectivity index (χ1n) is 5.13. The molecule has 76 valence electrons. The van der Waals surface area contributed by atoms with Crippen LogP contribution in [0.3, 0.4) is 0 Å². The van der Waals surface area contributed by atoms with Crippen LogP contribution in [0.15, 0.2) is 12.5 Å².